The number of hydrogen-bond acceptors (Lipinski definition) is 2. The first kappa shape index (κ1) is 12.2. The van der Waals surface area contributed by atoms with E-state index in [9.17, 15) is 0 Å². The Kier molecular flexibility index (Phi) is 3.45. The van der Waals surface area contributed by atoms with Gasteiger partial charge in [-0.05, 0) is 19.0 Å². The number of halogens is 2. The van der Waals surface area contributed by atoms with Gasteiger partial charge in [0.1, 0.15) is 5.00 Å². The minimum Gasteiger partial charge on any atom is -0.326 e. The number of piperidine rings is 1. The second-order valence-electron chi connectivity index (χ2n) is 4.32. The molecule has 3 unspecified atom stereocenters. The highest BCUT2D eigenvalue weighted by Gasteiger charge is 2.47. The molecule has 2 rings (SSSR count). The van der Waals surface area contributed by atoms with Gasteiger partial charge in [-0.15, -0.1) is 11.6 Å². The van der Waals surface area contributed by atoms with Crippen molar-refractivity contribution in [1.82, 2.24) is 4.90 Å². The number of nitrogens with zero attached hydrogens (tertiary/aromatic N) is 1. The van der Waals surface area contributed by atoms with E-state index in [1.807, 2.05) is 37.4 Å². The molecule has 0 saturated carbocycles. The minimum atomic E-state index is -0.694. The van der Waals surface area contributed by atoms with E-state index < -0.39 is 5.00 Å². The predicted octanol–water partition coefficient (Wildman–Crippen LogP) is 2.35. The van der Waals surface area contributed by atoms with Crippen LogP contribution in [-0.4, -0.2) is 29.9 Å². The molecule has 1 saturated heterocycles. The van der Waals surface area contributed by atoms with E-state index in [1.165, 1.54) is 0 Å². The summed E-state index contributed by atoms with van der Waals surface area (Å²) in [5.41, 5.74) is 7.02. The van der Waals surface area contributed by atoms with E-state index in [1.54, 1.807) is 0 Å². The molecule has 16 heavy (non-hydrogen) atoms. The molecule has 1 heterocycles. The van der Waals surface area contributed by atoms with Crippen LogP contribution in [0, 0.1) is 0 Å². The highest BCUT2D eigenvalue weighted by Crippen LogP contribution is 2.42. The van der Waals surface area contributed by atoms with Crippen LogP contribution in [0.4, 0.5) is 0 Å². The minimum absolute atomic E-state index is 0.0597. The van der Waals surface area contributed by atoms with Crippen LogP contribution >= 0.6 is 23.2 Å². The Balaban J connectivity index is 2.41. The Labute approximate surface area is 106 Å². The zero-order valence-electron chi connectivity index (χ0n) is 9.24. The van der Waals surface area contributed by atoms with E-state index in [0.29, 0.717) is 0 Å². The molecule has 0 aromatic heterocycles. The molecule has 0 bridgehead atoms. The Bertz CT molecular complexity index is 357. The number of nitrogens with two attached hydrogens (primary N) is 1. The van der Waals surface area contributed by atoms with Crippen molar-refractivity contribution in [3.05, 3.63) is 35.9 Å². The Morgan fingerprint density at radius 3 is 2.62 bits per heavy atom. The summed E-state index contributed by atoms with van der Waals surface area (Å²) in [5.74, 6) is 0. The average molecular weight is 259 g/mol. The van der Waals surface area contributed by atoms with Crippen LogP contribution in [0.3, 0.4) is 0 Å². The lowest BCUT2D eigenvalue weighted by molar-refractivity contribution is 0.139. The average Bonchev–Trinajstić information content (AvgIpc) is 2.33. The molecule has 2 N–H and O–H groups in total. The highest BCUT2D eigenvalue weighted by molar-refractivity contribution is 6.32. The van der Waals surface area contributed by atoms with Gasteiger partial charge in [0.2, 0.25) is 0 Å². The van der Waals surface area contributed by atoms with Gasteiger partial charge in [0.25, 0.3) is 0 Å². The number of likely N-dealkylation sites (tertiary alicyclic amines) is 1. The molecule has 1 aliphatic rings. The third kappa shape index (κ3) is 1.84. The van der Waals surface area contributed by atoms with Crippen LogP contribution in [0.15, 0.2) is 30.3 Å². The van der Waals surface area contributed by atoms with E-state index >= 15 is 0 Å². The van der Waals surface area contributed by atoms with E-state index in [4.69, 9.17) is 28.9 Å². The number of alkyl halides is 2. The molecule has 0 radical (unpaired) electrons. The molecule has 1 fully saturated rings. The number of rotatable bonds is 1. The van der Waals surface area contributed by atoms with Crippen LogP contribution in [0.1, 0.15) is 12.0 Å². The standard InChI is InChI=1S/C12H16Cl2N2/c1-16-8-7-10(15)11(13)12(16,14)9-5-3-2-4-6-9/h2-6,10-11H,7-8,15H2,1H3. The second kappa shape index (κ2) is 4.53. The van der Waals surface area contributed by atoms with Crippen molar-refractivity contribution in [3.63, 3.8) is 0 Å². The molecule has 0 aliphatic carbocycles. The summed E-state index contributed by atoms with van der Waals surface area (Å²) >= 11 is 13.1. The van der Waals surface area contributed by atoms with Crippen molar-refractivity contribution in [3.8, 4) is 0 Å². The molecule has 0 amide bonds. The lowest BCUT2D eigenvalue weighted by Crippen LogP contribution is -2.58. The molecular weight excluding hydrogens is 243 g/mol. The van der Waals surface area contributed by atoms with Crippen LogP contribution in [0.5, 0.6) is 0 Å². The van der Waals surface area contributed by atoms with Crippen molar-refractivity contribution in [2.45, 2.75) is 22.8 Å². The summed E-state index contributed by atoms with van der Waals surface area (Å²) in [6, 6.07) is 9.84. The van der Waals surface area contributed by atoms with Gasteiger partial charge in [-0.1, -0.05) is 41.9 Å². The van der Waals surface area contributed by atoms with Gasteiger partial charge in [0.05, 0.1) is 5.38 Å². The normalized spacial score (nSPS) is 36.2. The first-order chi connectivity index (χ1) is 7.56. The van der Waals surface area contributed by atoms with Crippen LogP contribution in [-0.2, 0) is 5.00 Å². The molecule has 1 aromatic rings. The molecule has 1 aliphatic heterocycles. The Morgan fingerprint density at radius 1 is 1.38 bits per heavy atom. The lowest BCUT2D eigenvalue weighted by atomic mass is 9.91. The van der Waals surface area contributed by atoms with Crippen LogP contribution in [0.25, 0.3) is 0 Å². The summed E-state index contributed by atoms with van der Waals surface area (Å²) in [4.78, 5) is 1.38. The van der Waals surface area contributed by atoms with Crippen molar-refractivity contribution in [2.75, 3.05) is 13.6 Å². The van der Waals surface area contributed by atoms with Crippen LogP contribution < -0.4 is 5.73 Å². The van der Waals surface area contributed by atoms with E-state index in [2.05, 4.69) is 4.90 Å². The maximum Gasteiger partial charge on any atom is 0.139 e. The molecule has 1 aromatic carbocycles. The summed E-state index contributed by atoms with van der Waals surface area (Å²) in [5, 5.41) is -0.282. The second-order valence-corrected chi connectivity index (χ2v) is 5.36. The summed E-state index contributed by atoms with van der Waals surface area (Å²) in [6.45, 7) is 0.864. The largest absolute Gasteiger partial charge is 0.326 e. The van der Waals surface area contributed by atoms with Crippen molar-refractivity contribution < 1.29 is 0 Å². The van der Waals surface area contributed by atoms with Gasteiger partial charge in [-0.2, -0.15) is 0 Å². The Hall–Kier alpha value is -0.280. The van der Waals surface area contributed by atoms with Gasteiger partial charge in [-0.25, -0.2) is 0 Å². The fraction of sp³-hybridized carbons (Fsp3) is 0.500. The number of hydrogen-bond donors (Lipinski definition) is 1. The SMILES string of the molecule is CN1CCC(N)C(Cl)C1(Cl)c1ccccc1. The van der Waals surface area contributed by atoms with Crippen molar-refractivity contribution >= 4 is 23.2 Å². The maximum absolute atomic E-state index is 6.71. The molecule has 4 heteroatoms. The fourth-order valence-electron chi connectivity index (χ4n) is 2.20. The van der Waals surface area contributed by atoms with Crippen LogP contribution in [0.2, 0.25) is 0 Å². The van der Waals surface area contributed by atoms with Gasteiger partial charge in [0.15, 0.2) is 0 Å². The monoisotopic (exact) mass is 258 g/mol. The molecular formula is C12H16Cl2N2. The molecule has 0 spiro atoms. The smallest absolute Gasteiger partial charge is 0.139 e. The number of benzene rings is 1. The zero-order valence-corrected chi connectivity index (χ0v) is 10.7. The van der Waals surface area contributed by atoms with E-state index in [-0.39, 0.29) is 11.4 Å². The summed E-state index contributed by atoms with van der Waals surface area (Å²) in [7, 11) is 1.99. The van der Waals surface area contributed by atoms with Gasteiger partial charge < -0.3 is 5.73 Å². The highest BCUT2D eigenvalue weighted by atomic mass is 35.5. The van der Waals surface area contributed by atoms with Gasteiger partial charge in [-0.3, -0.25) is 4.90 Å². The lowest BCUT2D eigenvalue weighted by Gasteiger charge is -2.46. The Morgan fingerprint density at radius 2 is 2.00 bits per heavy atom. The van der Waals surface area contributed by atoms with Gasteiger partial charge >= 0.3 is 0 Å². The predicted molar refractivity (Wildman–Crippen MR) is 68.8 cm³/mol. The molecule has 88 valence electrons. The van der Waals surface area contributed by atoms with E-state index in [0.717, 1.165) is 18.5 Å². The van der Waals surface area contributed by atoms with Crippen molar-refractivity contribution in [2.24, 2.45) is 5.73 Å². The summed E-state index contributed by atoms with van der Waals surface area (Å²) in [6.07, 6.45) is 0.881. The quantitative estimate of drug-likeness (QED) is 0.619. The van der Waals surface area contributed by atoms with Gasteiger partial charge in [0, 0.05) is 12.6 Å². The topological polar surface area (TPSA) is 29.3 Å². The summed E-state index contributed by atoms with van der Waals surface area (Å²) < 4.78 is 0. The fourth-order valence-corrected chi connectivity index (χ4v) is 2.99. The first-order valence-corrected chi connectivity index (χ1v) is 6.23. The molecule has 2 nitrogen and oxygen atoms in total. The first-order valence-electron chi connectivity index (χ1n) is 5.42. The zero-order chi connectivity index (χ0) is 11.8. The van der Waals surface area contributed by atoms with Crippen molar-refractivity contribution in [1.29, 1.82) is 0 Å². The third-order valence-corrected chi connectivity index (χ3v) is 4.77. The third-order valence-electron chi connectivity index (χ3n) is 3.27. The maximum atomic E-state index is 6.71. The molecule has 3 atom stereocenters.